The number of amides is 1. The fraction of sp³-hybridized carbons (Fsp3) is 0.467. The Morgan fingerprint density at radius 2 is 1.95 bits per heavy atom. The molecule has 2 rings (SSSR count). The van der Waals surface area contributed by atoms with E-state index in [0.29, 0.717) is 18.9 Å². The summed E-state index contributed by atoms with van der Waals surface area (Å²) in [7, 11) is 0. The van der Waals surface area contributed by atoms with E-state index in [9.17, 15) is 23.5 Å². The van der Waals surface area contributed by atoms with Gasteiger partial charge in [0.1, 0.15) is 11.6 Å². The van der Waals surface area contributed by atoms with Gasteiger partial charge in [-0.2, -0.15) is 0 Å². The topological polar surface area (TPSA) is 66.4 Å². The molecule has 1 saturated carbocycles. The highest BCUT2D eigenvalue weighted by Crippen LogP contribution is 2.30. The Hall–Kier alpha value is -1.82. The molecule has 0 aromatic heterocycles. The number of nitrogens with one attached hydrogen (secondary N) is 1. The minimum absolute atomic E-state index is 0.0915. The van der Waals surface area contributed by atoms with Gasteiger partial charge in [-0.1, -0.05) is 0 Å². The van der Waals surface area contributed by atoms with Gasteiger partial charge in [-0.3, -0.25) is 9.59 Å². The first kappa shape index (κ1) is 15.6. The third-order valence-corrected chi connectivity index (χ3v) is 3.71. The van der Waals surface area contributed by atoms with Gasteiger partial charge in [-0.15, -0.1) is 0 Å². The van der Waals surface area contributed by atoms with Crippen molar-refractivity contribution in [2.75, 3.05) is 6.54 Å². The number of ketones is 1. The molecule has 1 aromatic rings. The summed E-state index contributed by atoms with van der Waals surface area (Å²) in [5, 5.41) is 12.4. The zero-order valence-electron chi connectivity index (χ0n) is 11.5. The molecule has 1 aromatic carbocycles. The van der Waals surface area contributed by atoms with Crippen molar-refractivity contribution in [2.45, 2.75) is 37.7 Å². The van der Waals surface area contributed by atoms with E-state index in [2.05, 4.69) is 5.32 Å². The van der Waals surface area contributed by atoms with Crippen LogP contribution in [-0.4, -0.2) is 28.9 Å². The number of hydrogen-bond acceptors (Lipinski definition) is 3. The Labute approximate surface area is 121 Å². The van der Waals surface area contributed by atoms with Gasteiger partial charge in [-0.05, 0) is 31.4 Å². The molecule has 4 nitrogen and oxygen atoms in total. The molecule has 21 heavy (non-hydrogen) atoms. The number of carbonyl (C=O) groups excluding carboxylic acids is 2. The molecular weight excluding hydrogens is 280 g/mol. The predicted molar refractivity (Wildman–Crippen MR) is 71.7 cm³/mol. The molecule has 0 bridgehead atoms. The summed E-state index contributed by atoms with van der Waals surface area (Å²) >= 11 is 0. The quantitative estimate of drug-likeness (QED) is 0.789. The zero-order valence-corrected chi connectivity index (χ0v) is 11.5. The van der Waals surface area contributed by atoms with Crippen LogP contribution in [0.15, 0.2) is 18.2 Å². The van der Waals surface area contributed by atoms with Crippen LogP contribution in [0.5, 0.6) is 0 Å². The van der Waals surface area contributed by atoms with Crippen molar-refractivity contribution in [3.8, 4) is 0 Å². The third kappa shape index (κ3) is 4.07. The SMILES string of the molecule is O=C(CCC(=O)c1ccc(F)cc1F)NCC1(O)CCC1. The smallest absolute Gasteiger partial charge is 0.220 e. The van der Waals surface area contributed by atoms with Crippen molar-refractivity contribution >= 4 is 11.7 Å². The van der Waals surface area contributed by atoms with Crippen molar-refractivity contribution in [2.24, 2.45) is 0 Å². The molecule has 0 heterocycles. The lowest BCUT2D eigenvalue weighted by atomic mass is 9.80. The van der Waals surface area contributed by atoms with Gasteiger partial charge in [0.2, 0.25) is 5.91 Å². The van der Waals surface area contributed by atoms with Crippen LogP contribution in [0.25, 0.3) is 0 Å². The van der Waals surface area contributed by atoms with Crippen LogP contribution < -0.4 is 5.32 Å². The molecule has 1 fully saturated rings. The molecule has 0 saturated heterocycles. The minimum Gasteiger partial charge on any atom is -0.388 e. The van der Waals surface area contributed by atoms with Gasteiger partial charge in [0.05, 0.1) is 11.2 Å². The van der Waals surface area contributed by atoms with Crippen LogP contribution in [-0.2, 0) is 4.79 Å². The zero-order chi connectivity index (χ0) is 15.5. The van der Waals surface area contributed by atoms with Crippen LogP contribution in [0.2, 0.25) is 0 Å². The molecule has 0 spiro atoms. The summed E-state index contributed by atoms with van der Waals surface area (Å²) in [4.78, 5) is 23.3. The van der Waals surface area contributed by atoms with E-state index in [1.54, 1.807) is 0 Å². The second-order valence-electron chi connectivity index (χ2n) is 5.40. The number of halogens is 2. The molecule has 0 radical (unpaired) electrons. The van der Waals surface area contributed by atoms with E-state index in [1.807, 2.05) is 0 Å². The number of hydrogen-bond donors (Lipinski definition) is 2. The highest BCUT2D eigenvalue weighted by atomic mass is 19.1. The average Bonchev–Trinajstić information content (AvgIpc) is 2.40. The summed E-state index contributed by atoms with van der Waals surface area (Å²) in [6, 6.07) is 2.71. The number of aliphatic hydroxyl groups is 1. The van der Waals surface area contributed by atoms with Gasteiger partial charge in [0.25, 0.3) is 0 Å². The maximum atomic E-state index is 13.4. The number of rotatable bonds is 6. The maximum Gasteiger partial charge on any atom is 0.220 e. The fourth-order valence-corrected chi connectivity index (χ4v) is 2.19. The minimum atomic E-state index is -0.927. The average molecular weight is 297 g/mol. The van der Waals surface area contributed by atoms with E-state index in [4.69, 9.17) is 0 Å². The van der Waals surface area contributed by atoms with Gasteiger partial charge in [-0.25, -0.2) is 8.78 Å². The monoisotopic (exact) mass is 297 g/mol. The van der Waals surface area contributed by atoms with Crippen molar-refractivity contribution in [1.29, 1.82) is 0 Å². The van der Waals surface area contributed by atoms with Crippen molar-refractivity contribution in [3.05, 3.63) is 35.4 Å². The highest BCUT2D eigenvalue weighted by Gasteiger charge is 2.34. The normalized spacial score (nSPS) is 16.1. The third-order valence-electron chi connectivity index (χ3n) is 3.71. The first-order valence-electron chi connectivity index (χ1n) is 6.87. The lowest BCUT2D eigenvalue weighted by Gasteiger charge is -2.36. The Bertz CT molecular complexity index is 556. The summed E-state index contributed by atoms with van der Waals surface area (Å²) in [6.45, 7) is 0.172. The molecule has 114 valence electrons. The van der Waals surface area contributed by atoms with Crippen LogP contribution in [0.3, 0.4) is 0 Å². The van der Waals surface area contributed by atoms with Crippen molar-refractivity contribution < 1.29 is 23.5 Å². The molecule has 2 N–H and O–H groups in total. The Balaban J connectivity index is 1.79. The Morgan fingerprint density at radius 3 is 2.52 bits per heavy atom. The van der Waals surface area contributed by atoms with Gasteiger partial charge >= 0.3 is 0 Å². The second kappa shape index (κ2) is 6.30. The highest BCUT2D eigenvalue weighted by molar-refractivity contribution is 5.98. The van der Waals surface area contributed by atoms with Crippen molar-refractivity contribution in [1.82, 2.24) is 5.32 Å². The molecular formula is C15H17F2NO3. The summed E-state index contributed by atoms with van der Waals surface area (Å²) in [6.07, 6.45) is 2.01. The van der Waals surface area contributed by atoms with Crippen LogP contribution in [0, 0.1) is 11.6 Å². The van der Waals surface area contributed by atoms with Crippen LogP contribution >= 0.6 is 0 Å². The van der Waals surface area contributed by atoms with E-state index in [1.165, 1.54) is 0 Å². The first-order valence-corrected chi connectivity index (χ1v) is 6.87. The molecule has 0 aliphatic heterocycles. The van der Waals surface area contributed by atoms with Gasteiger partial charge in [0.15, 0.2) is 5.78 Å². The molecule has 1 aliphatic rings. The summed E-state index contributed by atoms with van der Waals surface area (Å²) in [5.41, 5.74) is -1.04. The lowest BCUT2D eigenvalue weighted by Crippen LogP contribution is -2.47. The largest absolute Gasteiger partial charge is 0.388 e. The lowest BCUT2D eigenvalue weighted by molar-refractivity contribution is -0.123. The van der Waals surface area contributed by atoms with E-state index >= 15 is 0 Å². The number of benzene rings is 1. The van der Waals surface area contributed by atoms with Gasteiger partial charge in [0, 0.05) is 25.5 Å². The first-order chi connectivity index (χ1) is 9.89. The standard InChI is InChI=1S/C15H17F2NO3/c16-10-2-3-11(12(17)8-10)13(19)4-5-14(20)18-9-15(21)6-1-7-15/h2-3,8,21H,1,4-7,9H2,(H,18,20). The molecule has 0 atom stereocenters. The fourth-order valence-electron chi connectivity index (χ4n) is 2.19. The van der Waals surface area contributed by atoms with Crippen LogP contribution in [0.1, 0.15) is 42.5 Å². The van der Waals surface area contributed by atoms with Gasteiger partial charge < -0.3 is 10.4 Å². The van der Waals surface area contributed by atoms with E-state index in [-0.39, 0.29) is 30.9 Å². The van der Waals surface area contributed by atoms with Crippen molar-refractivity contribution in [3.63, 3.8) is 0 Å². The maximum absolute atomic E-state index is 13.4. The molecule has 0 unspecified atom stereocenters. The summed E-state index contributed by atoms with van der Waals surface area (Å²) < 4.78 is 26.1. The van der Waals surface area contributed by atoms with E-state index < -0.39 is 23.0 Å². The Morgan fingerprint density at radius 1 is 1.24 bits per heavy atom. The predicted octanol–water partition coefficient (Wildman–Crippen LogP) is 1.96. The summed E-state index contributed by atoms with van der Waals surface area (Å²) in [5.74, 6) is -2.60. The molecule has 1 amide bonds. The Kier molecular flexibility index (Phi) is 4.67. The molecule has 1 aliphatic carbocycles. The number of Topliss-reactive ketones (excluding diaryl/α,β-unsaturated/α-hetero) is 1. The van der Waals surface area contributed by atoms with Crippen LogP contribution in [0.4, 0.5) is 8.78 Å². The second-order valence-corrected chi connectivity index (χ2v) is 5.40. The molecule has 6 heteroatoms. The number of carbonyl (C=O) groups is 2. The van der Waals surface area contributed by atoms with E-state index in [0.717, 1.165) is 18.6 Å².